The summed E-state index contributed by atoms with van der Waals surface area (Å²) in [5, 5.41) is 14.7. The van der Waals surface area contributed by atoms with Crippen LogP contribution in [0, 0.1) is 11.3 Å². The third kappa shape index (κ3) is 5.76. The first-order chi connectivity index (χ1) is 15.1. The number of amides is 1. The predicted molar refractivity (Wildman–Crippen MR) is 124 cm³/mol. The Morgan fingerprint density at radius 1 is 1.16 bits per heavy atom. The van der Waals surface area contributed by atoms with Crippen LogP contribution in [0.25, 0.3) is 10.6 Å². The van der Waals surface area contributed by atoms with Crippen LogP contribution >= 0.6 is 11.3 Å². The van der Waals surface area contributed by atoms with Crippen molar-refractivity contribution in [1.82, 2.24) is 14.8 Å². The summed E-state index contributed by atoms with van der Waals surface area (Å²) < 4.78 is 0. The molecule has 0 aliphatic carbocycles. The third-order valence-corrected chi connectivity index (χ3v) is 6.29. The smallest absolute Gasteiger partial charge is 0.230 e. The Bertz CT molecular complexity index is 1100. The Hall–Kier alpha value is -3.05. The molecule has 1 amide bonds. The number of rotatable bonds is 6. The van der Waals surface area contributed by atoms with E-state index in [0.717, 1.165) is 49.0 Å². The topological polar surface area (TPSA) is 72.3 Å². The summed E-state index contributed by atoms with van der Waals surface area (Å²) >= 11 is 1.56. The number of likely N-dealkylation sites (N-methyl/N-ethyl adjacent to an activating group) is 1. The number of hydrogen-bond donors (Lipinski definition) is 1. The molecule has 4 rings (SSSR count). The van der Waals surface area contributed by atoms with E-state index >= 15 is 0 Å². The van der Waals surface area contributed by atoms with E-state index in [9.17, 15) is 4.79 Å². The van der Waals surface area contributed by atoms with Crippen molar-refractivity contribution in [3.8, 4) is 16.6 Å². The summed E-state index contributed by atoms with van der Waals surface area (Å²) in [5.74, 6) is -0.143. The van der Waals surface area contributed by atoms with Gasteiger partial charge in [0, 0.05) is 49.4 Å². The van der Waals surface area contributed by atoms with Crippen molar-refractivity contribution < 1.29 is 4.79 Å². The molecule has 1 aliphatic heterocycles. The zero-order valence-corrected chi connectivity index (χ0v) is 18.4. The number of carbonyl (C=O) groups excluding carboxylic acids is 1. The monoisotopic (exact) mass is 431 g/mol. The average molecular weight is 432 g/mol. The summed E-state index contributed by atoms with van der Waals surface area (Å²) in [5.41, 5.74) is 4.26. The standard InChI is InChI=1S/C24H25N5OS/c1-28-8-10-29(11-9-28)16-19-5-2-6-20(12-19)24-27-22(17-31-24)14-23(30)26-21-7-3-4-18(13-21)15-25/h2-7,12-13,17H,8-11,14,16H2,1H3,(H,26,30). The molecular weight excluding hydrogens is 406 g/mol. The van der Waals surface area contributed by atoms with Gasteiger partial charge in [0.1, 0.15) is 5.01 Å². The minimum Gasteiger partial charge on any atom is -0.326 e. The number of nitrogens with zero attached hydrogens (tertiary/aromatic N) is 4. The molecule has 1 fully saturated rings. The molecule has 0 unspecified atom stereocenters. The van der Waals surface area contributed by atoms with Crippen molar-refractivity contribution in [3.63, 3.8) is 0 Å². The molecule has 0 saturated carbocycles. The van der Waals surface area contributed by atoms with Crippen molar-refractivity contribution in [2.75, 3.05) is 38.5 Å². The van der Waals surface area contributed by atoms with Crippen LogP contribution < -0.4 is 5.32 Å². The molecule has 0 spiro atoms. The van der Waals surface area contributed by atoms with Gasteiger partial charge in [0.15, 0.2) is 0 Å². The molecule has 158 valence electrons. The van der Waals surface area contributed by atoms with E-state index in [4.69, 9.17) is 5.26 Å². The molecule has 3 aromatic rings. The van der Waals surface area contributed by atoms with Gasteiger partial charge in [0.25, 0.3) is 0 Å². The zero-order valence-electron chi connectivity index (χ0n) is 17.5. The van der Waals surface area contributed by atoms with Crippen LogP contribution in [-0.4, -0.2) is 53.9 Å². The highest BCUT2D eigenvalue weighted by Gasteiger charge is 2.15. The highest BCUT2D eigenvalue weighted by molar-refractivity contribution is 7.13. The Balaban J connectivity index is 1.38. The predicted octanol–water partition coefficient (Wildman–Crippen LogP) is 3.61. The number of nitriles is 1. The summed E-state index contributed by atoms with van der Waals surface area (Å²) in [4.78, 5) is 21.9. The molecule has 1 aliphatic rings. The molecule has 6 nitrogen and oxygen atoms in total. The Morgan fingerprint density at radius 3 is 2.77 bits per heavy atom. The fraction of sp³-hybridized carbons (Fsp3) is 0.292. The first-order valence-electron chi connectivity index (χ1n) is 10.3. The molecule has 2 aromatic carbocycles. The maximum atomic E-state index is 12.4. The molecule has 0 bridgehead atoms. The number of aromatic nitrogens is 1. The number of piperazine rings is 1. The highest BCUT2D eigenvalue weighted by atomic mass is 32.1. The minimum absolute atomic E-state index is 0.143. The largest absolute Gasteiger partial charge is 0.326 e. The third-order valence-electron chi connectivity index (χ3n) is 5.34. The van der Waals surface area contributed by atoms with E-state index in [-0.39, 0.29) is 12.3 Å². The van der Waals surface area contributed by atoms with E-state index < -0.39 is 0 Å². The van der Waals surface area contributed by atoms with Crippen molar-refractivity contribution in [2.45, 2.75) is 13.0 Å². The fourth-order valence-electron chi connectivity index (χ4n) is 3.62. The van der Waals surface area contributed by atoms with Crippen LogP contribution in [0.1, 0.15) is 16.8 Å². The van der Waals surface area contributed by atoms with Crippen LogP contribution in [0.15, 0.2) is 53.9 Å². The number of thiazole rings is 1. The van der Waals surface area contributed by atoms with Crippen molar-refractivity contribution in [2.24, 2.45) is 0 Å². The second-order valence-corrected chi connectivity index (χ2v) is 8.70. The van der Waals surface area contributed by atoms with Crippen molar-refractivity contribution in [3.05, 3.63) is 70.7 Å². The van der Waals surface area contributed by atoms with E-state index in [2.05, 4.69) is 57.5 Å². The van der Waals surface area contributed by atoms with Crippen LogP contribution in [0.5, 0.6) is 0 Å². The molecule has 0 radical (unpaired) electrons. The number of benzene rings is 2. The van der Waals surface area contributed by atoms with Gasteiger partial charge in [0.05, 0.1) is 23.7 Å². The fourth-order valence-corrected chi connectivity index (χ4v) is 4.44. The van der Waals surface area contributed by atoms with E-state index in [1.54, 1.807) is 35.6 Å². The second kappa shape index (κ2) is 9.84. The highest BCUT2D eigenvalue weighted by Crippen LogP contribution is 2.25. The Labute approximate surface area is 186 Å². The van der Waals surface area contributed by atoms with Crippen LogP contribution in [0.3, 0.4) is 0 Å². The first-order valence-corrected chi connectivity index (χ1v) is 11.2. The molecule has 1 saturated heterocycles. The Morgan fingerprint density at radius 2 is 1.97 bits per heavy atom. The van der Waals surface area contributed by atoms with Crippen molar-refractivity contribution in [1.29, 1.82) is 5.26 Å². The number of hydrogen-bond acceptors (Lipinski definition) is 6. The van der Waals surface area contributed by atoms with E-state index in [0.29, 0.717) is 11.3 Å². The van der Waals surface area contributed by atoms with Gasteiger partial charge in [-0.15, -0.1) is 11.3 Å². The lowest BCUT2D eigenvalue weighted by atomic mass is 10.1. The molecule has 7 heteroatoms. The summed E-state index contributed by atoms with van der Waals surface area (Å²) in [6.07, 6.45) is 0.203. The zero-order chi connectivity index (χ0) is 21.6. The van der Waals surface area contributed by atoms with Gasteiger partial charge < -0.3 is 10.2 Å². The van der Waals surface area contributed by atoms with Gasteiger partial charge in [-0.3, -0.25) is 9.69 Å². The summed E-state index contributed by atoms with van der Waals surface area (Å²) in [7, 11) is 2.17. The first kappa shape index (κ1) is 21.2. The molecule has 0 atom stereocenters. The maximum absolute atomic E-state index is 12.4. The molecule has 1 aromatic heterocycles. The molecule has 1 N–H and O–H groups in total. The summed E-state index contributed by atoms with van der Waals surface area (Å²) in [6.45, 7) is 5.35. The van der Waals surface area contributed by atoms with Gasteiger partial charge in [-0.25, -0.2) is 4.98 Å². The normalized spacial score (nSPS) is 14.8. The lowest BCUT2D eigenvalue weighted by Gasteiger charge is -2.32. The number of anilines is 1. The summed E-state index contributed by atoms with van der Waals surface area (Å²) in [6, 6.07) is 17.5. The molecular formula is C24H25N5OS. The van der Waals surface area contributed by atoms with Gasteiger partial charge in [-0.1, -0.05) is 24.3 Å². The van der Waals surface area contributed by atoms with E-state index in [1.807, 2.05) is 5.38 Å². The van der Waals surface area contributed by atoms with Crippen LogP contribution in [0.4, 0.5) is 5.69 Å². The van der Waals surface area contributed by atoms with Gasteiger partial charge in [0.2, 0.25) is 5.91 Å². The lowest BCUT2D eigenvalue weighted by molar-refractivity contribution is -0.115. The number of carbonyl (C=O) groups is 1. The molecule has 2 heterocycles. The van der Waals surface area contributed by atoms with Crippen molar-refractivity contribution >= 4 is 22.9 Å². The van der Waals surface area contributed by atoms with Gasteiger partial charge in [-0.05, 0) is 36.9 Å². The average Bonchev–Trinajstić information content (AvgIpc) is 3.24. The number of nitrogens with one attached hydrogen (secondary N) is 1. The lowest BCUT2D eigenvalue weighted by Crippen LogP contribution is -2.43. The van der Waals surface area contributed by atoms with Crippen LogP contribution in [0.2, 0.25) is 0 Å². The van der Waals surface area contributed by atoms with Crippen LogP contribution in [-0.2, 0) is 17.8 Å². The van der Waals surface area contributed by atoms with Gasteiger partial charge in [-0.2, -0.15) is 5.26 Å². The molecule has 31 heavy (non-hydrogen) atoms. The SMILES string of the molecule is CN1CCN(Cc2cccc(-c3nc(CC(=O)Nc4cccc(C#N)c4)cs3)c2)CC1. The second-order valence-electron chi connectivity index (χ2n) is 7.84. The quantitative estimate of drug-likeness (QED) is 0.646. The maximum Gasteiger partial charge on any atom is 0.230 e. The Kier molecular flexibility index (Phi) is 6.73. The van der Waals surface area contributed by atoms with E-state index in [1.165, 1.54) is 5.56 Å². The van der Waals surface area contributed by atoms with Gasteiger partial charge >= 0.3 is 0 Å². The minimum atomic E-state index is -0.143.